The van der Waals surface area contributed by atoms with E-state index >= 15 is 0 Å². The van der Waals surface area contributed by atoms with Crippen molar-refractivity contribution in [1.82, 2.24) is 0 Å². The number of carboxylic acid groups (broad SMARTS) is 1. The molecule has 16 heavy (non-hydrogen) atoms. The first kappa shape index (κ1) is 12.2. The number of aliphatic carboxylic acids is 1. The number of benzene rings is 1. The summed E-state index contributed by atoms with van der Waals surface area (Å²) in [5.41, 5.74) is 5.94. The van der Waals surface area contributed by atoms with E-state index in [-0.39, 0.29) is 11.5 Å². The Bertz CT molecular complexity index is 399. The first-order valence-electron chi connectivity index (χ1n) is 4.71. The normalized spacial score (nSPS) is 14.1. The molecule has 0 amide bonds. The van der Waals surface area contributed by atoms with Gasteiger partial charge in [0.15, 0.2) is 0 Å². The van der Waals surface area contributed by atoms with Gasteiger partial charge in [0, 0.05) is 0 Å². The zero-order chi connectivity index (χ0) is 12.3. The molecule has 0 fully saturated rings. The molecule has 0 aliphatic carbocycles. The lowest BCUT2D eigenvalue weighted by atomic mass is 9.89. The van der Waals surface area contributed by atoms with Crippen molar-refractivity contribution in [3.8, 4) is 5.75 Å². The third-order valence-electron chi connectivity index (χ3n) is 2.33. The maximum atomic E-state index is 11.4. The standard InChI is InChI=1S/C11H13NO4/c1-6(13)9(10(12)11(15)16)7-2-4-8(14)5-3-7/h2-5,9-10,14H,12H2,1H3,(H,15,16)/t9?,10-/m0/s1. The first-order chi connectivity index (χ1) is 7.43. The molecule has 5 nitrogen and oxygen atoms in total. The molecule has 0 aliphatic heterocycles. The summed E-state index contributed by atoms with van der Waals surface area (Å²) in [5, 5.41) is 17.9. The third kappa shape index (κ3) is 2.58. The van der Waals surface area contributed by atoms with Crippen LogP contribution in [0.5, 0.6) is 5.75 Å². The van der Waals surface area contributed by atoms with Crippen molar-refractivity contribution in [2.75, 3.05) is 0 Å². The van der Waals surface area contributed by atoms with Crippen LogP contribution in [0, 0.1) is 0 Å². The van der Waals surface area contributed by atoms with Gasteiger partial charge in [0.05, 0.1) is 5.92 Å². The van der Waals surface area contributed by atoms with Crippen molar-refractivity contribution in [1.29, 1.82) is 0 Å². The Morgan fingerprint density at radius 2 is 1.75 bits per heavy atom. The molecule has 0 saturated carbocycles. The van der Waals surface area contributed by atoms with Crippen molar-refractivity contribution in [2.24, 2.45) is 5.73 Å². The number of ketones is 1. The van der Waals surface area contributed by atoms with Crippen LogP contribution in [0.2, 0.25) is 0 Å². The molecule has 0 saturated heterocycles. The van der Waals surface area contributed by atoms with Crippen LogP contribution < -0.4 is 5.73 Å². The molecule has 0 bridgehead atoms. The number of carbonyl (C=O) groups is 2. The van der Waals surface area contributed by atoms with Gasteiger partial charge in [-0.3, -0.25) is 9.59 Å². The van der Waals surface area contributed by atoms with E-state index in [0.29, 0.717) is 5.56 Å². The Balaban J connectivity index is 3.07. The van der Waals surface area contributed by atoms with E-state index in [9.17, 15) is 9.59 Å². The van der Waals surface area contributed by atoms with Gasteiger partial charge in [0.2, 0.25) is 0 Å². The van der Waals surface area contributed by atoms with Crippen molar-refractivity contribution in [3.63, 3.8) is 0 Å². The number of aromatic hydroxyl groups is 1. The Morgan fingerprint density at radius 3 is 2.12 bits per heavy atom. The number of hydrogen-bond donors (Lipinski definition) is 3. The second-order valence-corrected chi connectivity index (χ2v) is 3.54. The molecule has 2 atom stereocenters. The molecule has 0 aliphatic rings. The van der Waals surface area contributed by atoms with Crippen LogP contribution in [0.4, 0.5) is 0 Å². The van der Waals surface area contributed by atoms with Crippen LogP contribution in [-0.4, -0.2) is 28.0 Å². The highest BCUT2D eigenvalue weighted by molar-refractivity contribution is 5.90. The molecule has 1 rings (SSSR count). The fourth-order valence-corrected chi connectivity index (χ4v) is 1.52. The minimum atomic E-state index is -1.28. The molecular weight excluding hydrogens is 210 g/mol. The molecule has 4 N–H and O–H groups in total. The lowest BCUT2D eigenvalue weighted by Gasteiger charge is -2.18. The average molecular weight is 223 g/mol. The number of Topliss-reactive ketones (excluding diaryl/α,β-unsaturated/α-hetero) is 1. The predicted molar refractivity (Wildman–Crippen MR) is 57.1 cm³/mol. The lowest BCUT2D eigenvalue weighted by molar-refractivity contribution is -0.140. The number of carboxylic acids is 1. The quantitative estimate of drug-likeness (QED) is 0.689. The van der Waals surface area contributed by atoms with Gasteiger partial charge >= 0.3 is 5.97 Å². The summed E-state index contributed by atoms with van der Waals surface area (Å²) >= 11 is 0. The van der Waals surface area contributed by atoms with Crippen LogP contribution in [0.3, 0.4) is 0 Å². The van der Waals surface area contributed by atoms with Gasteiger partial charge in [-0.2, -0.15) is 0 Å². The van der Waals surface area contributed by atoms with Crippen LogP contribution in [0.25, 0.3) is 0 Å². The number of carbonyl (C=O) groups excluding carboxylic acids is 1. The van der Waals surface area contributed by atoms with E-state index in [0.717, 1.165) is 0 Å². The molecule has 5 heteroatoms. The van der Waals surface area contributed by atoms with E-state index in [1.165, 1.54) is 31.2 Å². The summed E-state index contributed by atoms with van der Waals surface area (Å²) < 4.78 is 0. The molecule has 1 aromatic carbocycles. The minimum absolute atomic E-state index is 0.0509. The van der Waals surface area contributed by atoms with Gasteiger partial charge in [-0.15, -0.1) is 0 Å². The molecule has 0 spiro atoms. The Hall–Kier alpha value is -1.88. The predicted octanol–water partition coefficient (Wildman–Crippen LogP) is 0.477. The smallest absolute Gasteiger partial charge is 0.321 e. The molecule has 0 radical (unpaired) electrons. The summed E-state index contributed by atoms with van der Waals surface area (Å²) in [5.74, 6) is -2.39. The largest absolute Gasteiger partial charge is 0.508 e. The summed E-state index contributed by atoms with van der Waals surface area (Å²) in [6, 6.07) is 4.48. The number of phenolic OH excluding ortho intramolecular Hbond substituents is 1. The highest BCUT2D eigenvalue weighted by atomic mass is 16.4. The molecule has 0 aromatic heterocycles. The van der Waals surface area contributed by atoms with E-state index < -0.39 is 17.9 Å². The highest BCUT2D eigenvalue weighted by Crippen LogP contribution is 2.22. The Labute approximate surface area is 92.5 Å². The number of rotatable bonds is 4. The molecule has 86 valence electrons. The Morgan fingerprint density at radius 1 is 1.25 bits per heavy atom. The van der Waals surface area contributed by atoms with Crippen LogP contribution in [0.15, 0.2) is 24.3 Å². The lowest BCUT2D eigenvalue weighted by Crippen LogP contribution is -2.39. The van der Waals surface area contributed by atoms with Crippen LogP contribution in [0.1, 0.15) is 18.4 Å². The fourth-order valence-electron chi connectivity index (χ4n) is 1.52. The topological polar surface area (TPSA) is 101 Å². The second kappa shape index (κ2) is 4.76. The van der Waals surface area contributed by atoms with Gasteiger partial charge in [-0.1, -0.05) is 12.1 Å². The Kier molecular flexibility index (Phi) is 3.63. The summed E-state index contributed by atoms with van der Waals surface area (Å²) in [7, 11) is 0. The van der Waals surface area contributed by atoms with Crippen LogP contribution in [-0.2, 0) is 9.59 Å². The van der Waals surface area contributed by atoms with E-state index in [2.05, 4.69) is 0 Å². The monoisotopic (exact) mass is 223 g/mol. The van der Waals surface area contributed by atoms with Gasteiger partial charge in [-0.25, -0.2) is 0 Å². The number of hydrogen-bond acceptors (Lipinski definition) is 4. The summed E-state index contributed by atoms with van der Waals surface area (Å²) in [6.45, 7) is 1.29. The molecule has 1 aromatic rings. The molecular formula is C11H13NO4. The average Bonchev–Trinajstić information content (AvgIpc) is 2.20. The number of nitrogens with two attached hydrogens (primary N) is 1. The summed E-state index contributed by atoms with van der Waals surface area (Å²) in [4.78, 5) is 22.1. The fraction of sp³-hybridized carbons (Fsp3) is 0.273. The SMILES string of the molecule is CC(=O)C(c1ccc(O)cc1)[C@H](N)C(=O)O. The number of phenols is 1. The maximum absolute atomic E-state index is 11.4. The van der Waals surface area contributed by atoms with E-state index in [4.69, 9.17) is 15.9 Å². The van der Waals surface area contributed by atoms with Crippen molar-refractivity contribution in [3.05, 3.63) is 29.8 Å². The third-order valence-corrected chi connectivity index (χ3v) is 2.33. The highest BCUT2D eigenvalue weighted by Gasteiger charge is 2.29. The van der Waals surface area contributed by atoms with Gasteiger partial charge in [0.1, 0.15) is 17.6 Å². The van der Waals surface area contributed by atoms with E-state index in [1.54, 1.807) is 0 Å². The van der Waals surface area contributed by atoms with Gasteiger partial charge in [-0.05, 0) is 24.6 Å². The minimum Gasteiger partial charge on any atom is -0.508 e. The van der Waals surface area contributed by atoms with Crippen molar-refractivity contribution in [2.45, 2.75) is 18.9 Å². The zero-order valence-electron chi connectivity index (χ0n) is 8.75. The molecule has 0 heterocycles. The van der Waals surface area contributed by atoms with Gasteiger partial charge < -0.3 is 15.9 Å². The maximum Gasteiger partial charge on any atom is 0.321 e. The van der Waals surface area contributed by atoms with E-state index in [1.807, 2.05) is 0 Å². The van der Waals surface area contributed by atoms with Crippen molar-refractivity contribution < 1.29 is 19.8 Å². The van der Waals surface area contributed by atoms with Gasteiger partial charge in [0.25, 0.3) is 0 Å². The molecule has 1 unspecified atom stereocenters. The van der Waals surface area contributed by atoms with Crippen molar-refractivity contribution >= 4 is 11.8 Å². The second-order valence-electron chi connectivity index (χ2n) is 3.54. The van der Waals surface area contributed by atoms with Crippen LogP contribution >= 0.6 is 0 Å². The first-order valence-corrected chi connectivity index (χ1v) is 4.71. The zero-order valence-corrected chi connectivity index (χ0v) is 8.75. The summed E-state index contributed by atoms with van der Waals surface area (Å²) in [6.07, 6.45) is 0.